The Bertz CT molecular complexity index is 846. The van der Waals surface area contributed by atoms with E-state index in [2.05, 4.69) is 32.7 Å². The zero-order valence-corrected chi connectivity index (χ0v) is 17.0. The molecular weight excluding hydrogens is 414 g/mol. The molecule has 1 saturated heterocycles. The fourth-order valence-corrected chi connectivity index (χ4v) is 5.43. The number of aromatic hydroxyl groups is 1. The van der Waals surface area contributed by atoms with Crippen LogP contribution in [0.15, 0.2) is 46.0 Å². The second-order valence-corrected chi connectivity index (χ2v) is 8.23. The highest BCUT2D eigenvalue weighted by atomic mass is 79.9. The normalized spacial score (nSPS) is 24.5. The molecule has 2 aromatic rings. The number of amidine groups is 1. The fraction of sp³-hybridized carbons (Fsp3) is 0.368. The quantitative estimate of drug-likeness (QED) is 0.766. The molecule has 2 aliphatic heterocycles. The summed E-state index contributed by atoms with van der Waals surface area (Å²) in [5.41, 5.74) is 2.01. The Morgan fingerprint density at radius 1 is 1.38 bits per heavy atom. The molecule has 1 aromatic carbocycles. The first-order valence-electron chi connectivity index (χ1n) is 8.60. The van der Waals surface area contributed by atoms with Gasteiger partial charge in [0.25, 0.3) is 0 Å². The van der Waals surface area contributed by atoms with Crippen LogP contribution in [0.5, 0.6) is 11.5 Å². The van der Waals surface area contributed by atoms with Crippen molar-refractivity contribution in [3.63, 3.8) is 0 Å². The molecule has 3 atom stereocenters. The van der Waals surface area contributed by atoms with Crippen LogP contribution in [0.4, 0.5) is 0 Å². The van der Waals surface area contributed by atoms with Crippen LogP contribution in [0.1, 0.15) is 36.7 Å². The Morgan fingerprint density at radius 2 is 2.23 bits per heavy atom. The number of pyridine rings is 1. The molecule has 5 nitrogen and oxygen atoms in total. The van der Waals surface area contributed by atoms with Crippen LogP contribution in [0.25, 0.3) is 0 Å². The minimum Gasteiger partial charge on any atom is -0.503 e. The molecule has 0 amide bonds. The molecule has 0 saturated carbocycles. The molecule has 7 heteroatoms. The number of rotatable bonds is 4. The van der Waals surface area contributed by atoms with E-state index in [0.29, 0.717) is 16.3 Å². The summed E-state index contributed by atoms with van der Waals surface area (Å²) in [4.78, 5) is 12.0. The van der Waals surface area contributed by atoms with Crippen molar-refractivity contribution in [3.05, 3.63) is 52.3 Å². The van der Waals surface area contributed by atoms with E-state index in [0.717, 1.165) is 28.6 Å². The third-order valence-electron chi connectivity index (χ3n) is 4.94. The molecule has 0 unspecified atom stereocenters. The molecule has 0 bridgehead atoms. The summed E-state index contributed by atoms with van der Waals surface area (Å²) < 4.78 is 6.00. The van der Waals surface area contributed by atoms with Gasteiger partial charge in [-0.05, 0) is 52.2 Å². The van der Waals surface area contributed by atoms with Crippen LogP contribution in [-0.4, -0.2) is 39.1 Å². The summed E-state index contributed by atoms with van der Waals surface area (Å²) in [5, 5.41) is 11.3. The number of thioether (sulfide) groups is 1. The van der Waals surface area contributed by atoms with E-state index < -0.39 is 0 Å². The summed E-state index contributed by atoms with van der Waals surface area (Å²) in [6.45, 7) is 2.21. The van der Waals surface area contributed by atoms with E-state index in [1.807, 2.05) is 48.3 Å². The maximum absolute atomic E-state index is 10.2. The number of hydrogen-bond donors (Lipinski definition) is 1. The molecule has 0 spiro atoms. The van der Waals surface area contributed by atoms with Gasteiger partial charge in [0.2, 0.25) is 0 Å². The number of benzene rings is 1. The minimum absolute atomic E-state index is 0.0330. The maximum atomic E-state index is 10.2. The predicted molar refractivity (Wildman–Crippen MR) is 108 cm³/mol. The zero-order chi connectivity index (χ0) is 18.3. The Kier molecular flexibility index (Phi) is 4.84. The average Bonchev–Trinajstić information content (AvgIpc) is 3.23. The van der Waals surface area contributed by atoms with Crippen LogP contribution in [0, 0.1) is 0 Å². The molecule has 3 heterocycles. The van der Waals surface area contributed by atoms with Gasteiger partial charge in [0.1, 0.15) is 6.04 Å². The monoisotopic (exact) mass is 433 g/mol. The highest BCUT2D eigenvalue weighted by Gasteiger charge is 2.45. The Balaban J connectivity index is 1.83. The number of nitrogens with zero attached hydrogens (tertiary/aromatic N) is 3. The summed E-state index contributed by atoms with van der Waals surface area (Å²) in [5.74, 6) is 1.63. The van der Waals surface area contributed by atoms with Gasteiger partial charge >= 0.3 is 0 Å². The molecule has 136 valence electrons. The molecule has 1 aromatic heterocycles. The lowest BCUT2D eigenvalue weighted by Gasteiger charge is -2.32. The highest BCUT2D eigenvalue weighted by Crippen LogP contribution is 2.50. The number of phenols is 1. The average molecular weight is 434 g/mol. The van der Waals surface area contributed by atoms with Crippen LogP contribution >= 0.6 is 27.7 Å². The Labute approximate surface area is 165 Å². The lowest BCUT2D eigenvalue weighted by atomic mass is 9.95. The number of ether oxygens (including phenoxy) is 1. The third kappa shape index (κ3) is 2.87. The second-order valence-electron chi connectivity index (χ2n) is 6.39. The van der Waals surface area contributed by atoms with Crippen molar-refractivity contribution in [2.75, 3.05) is 12.9 Å². The first kappa shape index (κ1) is 17.7. The van der Waals surface area contributed by atoms with Crippen LogP contribution in [0.2, 0.25) is 0 Å². The Hall–Kier alpha value is -1.73. The van der Waals surface area contributed by atoms with Gasteiger partial charge in [0, 0.05) is 18.0 Å². The van der Waals surface area contributed by atoms with Crippen molar-refractivity contribution < 1.29 is 9.84 Å². The van der Waals surface area contributed by atoms with Crippen molar-refractivity contribution in [1.82, 2.24) is 9.88 Å². The van der Waals surface area contributed by atoms with Crippen molar-refractivity contribution in [2.45, 2.75) is 31.5 Å². The van der Waals surface area contributed by atoms with E-state index in [9.17, 15) is 5.11 Å². The van der Waals surface area contributed by atoms with E-state index in [4.69, 9.17) is 9.73 Å². The highest BCUT2D eigenvalue weighted by molar-refractivity contribution is 9.10. The Morgan fingerprint density at radius 3 is 2.92 bits per heavy atom. The molecule has 0 radical (unpaired) electrons. The van der Waals surface area contributed by atoms with E-state index in [1.165, 1.54) is 0 Å². The molecular formula is C19H20BrN3O2S. The number of halogens is 1. The van der Waals surface area contributed by atoms with E-state index in [-0.39, 0.29) is 17.8 Å². The van der Waals surface area contributed by atoms with Crippen LogP contribution in [0.3, 0.4) is 0 Å². The van der Waals surface area contributed by atoms with Gasteiger partial charge in [-0.3, -0.25) is 9.98 Å². The van der Waals surface area contributed by atoms with Crippen LogP contribution in [-0.2, 0) is 0 Å². The zero-order valence-electron chi connectivity index (χ0n) is 14.6. The summed E-state index contributed by atoms with van der Waals surface area (Å²) in [6.07, 6.45) is 2.88. The van der Waals surface area contributed by atoms with Gasteiger partial charge in [-0.2, -0.15) is 0 Å². The minimum atomic E-state index is -0.0748. The van der Waals surface area contributed by atoms with Crippen molar-refractivity contribution in [3.8, 4) is 11.5 Å². The fourth-order valence-electron chi connectivity index (χ4n) is 3.63. The van der Waals surface area contributed by atoms with Crippen molar-refractivity contribution >= 4 is 32.9 Å². The maximum Gasteiger partial charge on any atom is 0.172 e. The van der Waals surface area contributed by atoms with Crippen molar-refractivity contribution in [1.29, 1.82) is 0 Å². The lowest BCUT2D eigenvalue weighted by Crippen LogP contribution is -2.35. The van der Waals surface area contributed by atoms with Crippen LogP contribution < -0.4 is 4.74 Å². The second kappa shape index (κ2) is 7.12. The van der Waals surface area contributed by atoms with Gasteiger partial charge in [-0.15, -0.1) is 0 Å². The van der Waals surface area contributed by atoms with Gasteiger partial charge < -0.3 is 14.7 Å². The standard InChI is InChI=1S/C19H20BrN3O2S/c1-3-12-10-26-19-22-16(14-6-4-5-7-21-14)17(23(12)19)11-8-13(20)18(24)15(9-11)25-2/h4-9,12,16-17,24H,3,10H2,1-2H3/t12-,16+,17+/m1/s1. The summed E-state index contributed by atoms with van der Waals surface area (Å²) >= 11 is 5.27. The topological polar surface area (TPSA) is 58.0 Å². The van der Waals surface area contributed by atoms with Gasteiger partial charge in [0.15, 0.2) is 16.7 Å². The van der Waals surface area contributed by atoms with E-state index >= 15 is 0 Å². The van der Waals surface area contributed by atoms with Gasteiger partial charge in [-0.25, -0.2) is 0 Å². The molecule has 4 rings (SSSR count). The molecule has 0 aliphatic carbocycles. The smallest absolute Gasteiger partial charge is 0.172 e. The van der Waals surface area contributed by atoms with E-state index in [1.54, 1.807) is 7.11 Å². The molecule has 1 fully saturated rings. The number of aromatic nitrogens is 1. The molecule has 26 heavy (non-hydrogen) atoms. The number of aliphatic imine (C=N–C) groups is 1. The number of fused-ring (bicyclic) bond motifs is 1. The van der Waals surface area contributed by atoms with Crippen molar-refractivity contribution in [2.24, 2.45) is 4.99 Å². The molecule has 1 N–H and O–H groups in total. The third-order valence-corrected chi connectivity index (χ3v) is 6.67. The number of phenolic OH excluding ortho intramolecular Hbond substituents is 1. The molecule has 2 aliphatic rings. The first-order valence-corrected chi connectivity index (χ1v) is 10.4. The number of methoxy groups -OCH3 is 1. The first-order chi connectivity index (χ1) is 12.6. The predicted octanol–water partition coefficient (Wildman–Crippen LogP) is 4.54. The number of hydrogen-bond acceptors (Lipinski definition) is 6. The summed E-state index contributed by atoms with van der Waals surface area (Å²) in [7, 11) is 1.57. The lowest BCUT2D eigenvalue weighted by molar-refractivity contribution is 0.254. The summed E-state index contributed by atoms with van der Waals surface area (Å²) in [6, 6.07) is 10.2. The van der Waals surface area contributed by atoms with Gasteiger partial charge in [-0.1, -0.05) is 24.8 Å². The van der Waals surface area contributed by atoms with Gasteiger partial charge in [0.05, 0.1) is 23.3 Å². The SMILES string of the molecule is CC[C@@H]1CSC2=N[C@@H](c3ccccn3)[C@H](c3cc(Br)c(O)c(OC)c3)N21. The largest absolute Gasteiger partial charge is 0.503 e.